The number of nitrogens with one attached hydrogen (secondary N) is 1. The molecule has 0 saturated heterocycles. The van der Waals surface area contributed by atoms with E-state index >= 15 is 0 Å². The van der Waals surface area contributed by atoms with Crippen LogP contribution in [0.3, 0.4) is 0 Å². The molecule has 2 aromatic heterocycles. The highest BCUT2D eigenvalue weighted by atomic mass is 32.2. The van der Waals surface area contributed by atoms with Crippen molar-refractivity contribution < 1.29 is 17.9 Å². The molecule has 0 bridgehead atoms. The van der Waals surface area contributed by atoms with Crippen LogP contribution in [0.2, 0.25) is 0 Å². The SMILES string of the molecule is COC(=O)c1c(CNS(=O)(=O)c2c3ccccc3nn2C)nn2c1CCCC2. The van der Waals surface area contributed by atoms with Gasteiger partial charge in [0.25, 0.3) is 10.0 Å². The van der Waals surface area contributed by atoms with E-state index in [-0.39, 0.29) is 11.6 Å². The van der Waals surface area contributed by atoms with Gasteiger partial charge in [0.15, 0.2) is 5.03 Å². The number of nitrogens with zero attached hydrogens (tertiary/aromatic N) is 4. The zero-order valence-corrected chi connectivity index (χ0v) is 16.5. The molecule has 9 nitrogen and oxygen atoms in total. The third kappa shape index (κ3) is 3.08. The smallest absolute Gasteiger partial charge is 0.341 e. The Morgan fingerprint density at radius 1 is 1.25 bits per heavy atom. The number of rotatable bonds is 5. The molecule has 4 rings (SSSR count). The molecule has 0 atom stereocenters. The van der Waals surface area contributed by atoms with Crippen molar-refractivity contribution in [1.82, 2.24) is 24.3 Å². The Labute approximate surface area is 162 Å². The predicted octanol–water partition coefficient (Wildman–Crippen LogP) is 1.37. The van der Waals surface area contributed by atoms with Gasteiger partial charge in [-0.05, 0) is 31.4 Å². The zero-order chi connectivity index (χ0) is 19.9. The molecule has 28 heavy (non-hydrogen) atoms. The average Bonchev–Trinajstić information content (AvgIpc) is 3.22. The van der Waals surface area contributed by atoms with E-state index in [0.717, 1.165) is 25.0 Å². The number of carbonyl (C=O) groups is 1. The number of carbonyl (C=O) groups excluding carboxylic acids is 1. The van der Waals surface area contributed by atoms with Crippen LogP contribution in [0, 0.1) is 0 Å². The molecule has 148 valence electrons. The molecule has 1 N–H and O–H groups in total. The van der Waals surface area contributed by atoms with Gasteiger partial charge in [-0.2, -0.15) is 10.2 Å². The number of ether oxygens (including phenoxy) is 1. The summed E-state index contributed by atoms with van der Waals surface area (Å²) in [5, 5.41) is 9.32. The molecule has 1 aliphatic rings. The Hall–Kier alpha value is -2.72. The van der Waals surface area contributed by atoms with Crippen LogP contribution < -0.4 is 4.72 Å². The Morgan fingerprint density at radius 3 is 2.82 bits per heavy atom. The maximum absolute atomic E-state index is 13.0. The molecule has 1 aliphatic heterocycles. The fourth-order valence-electron chi connectivity index (χ4n) is 3.68. The molecule has 0 amide bonds. The number of esters is 1. The second-order valence-electron chi connectivity index (χ2n) is 6.71. The number of methoxy groups -OCH3 is 1. The summed E-state index contributed by atoms with van der Waals surface area (Å²) in [6.07, 6.45) is 2.65. The summed E-state index contributed by atoms with van der Waals surface area (Å²) in [6, 6.07) is 7.04. The number of fused-ring (bicyclic) bond motifs is 2. The van der Waals surface area contributed by atoms with Crippen LogP contribution in [-0.4, -0.2) is 41.1 Å². The molecule has 1 aromatic carbocycles. The minimum absolute atomic E-state index is 0.0756. The van der Waals surface area contributed by atoms with Crippen molar-refractivity contribution in [1.29, 1.82) is 0 Å². The fourth-order valence-corrected chi connectivity index (χ4v) is 4.99. The van der Waals surface area contributed by atoms with Crippen LogP contribution in [0.15, 0.2) is 29.3 Å². The maximum Gasteiger partial charge on any atom is 0.341 e. The normalized spacial score (nSPS) is 14.2. The number of hydrogen-bond acceptors (Lipinski definition) is 6. The lowest BCUT2D eigenvalue weighted by Crippen LogP contribution is -2.26. The average molecular weight is 403 g/mol. The van der Waals surface area contributed by atoms with Crippen molar-refractivity contribution in [3.8, 4) is 0 Å². The van der Waals surface area contributed by atoms with Crippen LogP contribution in [0.25, 0.3) is 10.9 Å². The minimum Gasteiger partial charge on any atom is -0.465 e. The first-order valence-electron chi connectivity index (χ1n) is 9.00. The van der Waals surface area contributed by atoms with Gasteiger partial charge in [0.05, 0.1) is 30.6 Å². The zero-order valence-electron chi connectivity index (χ0n) is 15.7. The third-order valence-electron chi connectivity index (χ3n) is 4.92. The number of sulfonamides is 1. The monoisotopic (exact) mass is 403 g/mol. The first-order valence-corrected chi connectivity index (χ1v) is 10.5. The molecule has 0 radical (unpaired) electrons. The van der Waals surface area contributed by atoms with Crippen molar-refractivity contribution in [2.45, 2.75) is 37.4 Å². The predicted molar refractivity (Wildman–Crippen MR) is 101 cm³/mol. The summed E-state index contributed by atoms with van der Waals surface area (Å²) >= 11 is 0. The largest absolute Gasteiger partial charge is 0.465 e. The van der Waals surface area contributed by atoms with Crippen molar-refractivity contribution >= 4 is 26.9 Å². The summed E-state index contributed by atoms with van der Waals surface area (Å²) in [6.45, 7) is 0.602. The Bertz CT molecular complexity index is 1160. The van der Waals surface area contributed by atoms with Gasteiger partial charge in [-0.15, -0.1) is 0 Å². The van der Waals surface area contributed by atoms with Gasteiger partial charge in [0, 0.05) is 19.0 Å². The van der Waals surface area contributed by atoms with E-state index in [1.165, 1.54) is 11.8 Å². The molecule has 0 saturated carbocycles. The highest BCUT2D eigenvalue weighted by Crippen LogP contribution is 2.24. The number of aryl methyl sites for hydroxylation is 2. The van der Waals surface area contributed by atoms with E-state index in [2.05, 4.69) is 14.9 Å². The second-order valence-corrected chi connectivity index (χ2v) is 8.39. The van der Waals surface area contributed by atoms with Gasteiger partial charge >= 0.3 is 5.97 Å². The number of aromatic nitrogens is 4. The van der Waals surface area contributed by atoms with Gasteiger partial charge < -0.3 is 4.74 Å². The van der Waals surface area contributed by atoms with E-state index in [1.807, 2.05) is 0 Å². The highest BCUT2D eigenvalue weighted by Gasteiger charge is 2.28. The lowest BCUT2D eigenvalue weighted by Gasteiger charge is -2.13. The topological polar surface area (TPSA) is 108 Å². The molecular formula is C18H21N5O4S. The molecule has 0 unspecified atom stereocenters. The molecule has 3 aromatic rings. The summed E-state index contributed by atoms with van der Waals surface area (Å²) < 4.78 is 36.5. The molecule has 10 heteroatoms. The van der Waals surface area contributed by atoms with Crippen molar-refractivity contribution in [2.75, 3.05) is 7.11 Å². The first kappa shape index (κ1) is 18.6. The molecule has 3 heterocycles. The maximum atomic E-state index is 13.0. The van der Waals surface area contributed by atoms with E-state index in [0.29, 0.717) is 28.7 Å². The van der Waals surface area contributed by atoms with E-state index in [9.17, 15) is 13.2 Å². The summed E-state index contributed by atoms with van der Waals surface area (Å²) in [5.41, 5.74) is 2.13. The van der Waals surface area contributed by atoms with Crippen LogP contribution in [0.4, 0.5) is 0 Å². The van der Waals surface area contributed by atoms with Crippen molar-refractivity contribution in [3.05, 3.63) is 41.2 Å². The van der Waals surface area contributed by atoms with Crippen LogP contribution in [0.5, 0.6) is 0 Å². The molecule has 0 fully saturated rings. The quantitative estimate of drug-likeness (QED) is 0.645. The third-order valence-corrected chi connectivity index (χ3v) is 6.44. The minimum atomic E-state index is -3.87. The van der Waals surface area contributed by atoms with E-state index in [1.54, 1.807) is 36.0 Å². The van der Waals surface area contributed by atoms with Crippen LogP contribution >= 0.6 is 0 Å². The number of benzene rings is 1. The van der Waals surface area contributed by atoms with Gasteiger partial charge in [-0.3, -0.25) is 9.36 Å². The lowest BCUT2D eigenvalue weighted by atomic mass is 10.0. The van der Waals surface area contributed by atoms with E-state index < -0.39 is 16.0 Å². The molecule has 0 aliphatic carbocycles. The Morgan fingerprint density at radius 2 is 2.04 bits per heavy atom. The van der Waals surface area contributed by atoms with Crippen molar-refractivity contribution in [3.63, 3.8) is 0 Å². The second kappa shape index (κ2) is 7.02. The Balaban J connectivity index is 1.68. The van der Waals surface area contributed by atoms with Crippen LogP contribution in [0.1, 0.15) is 34.6 Å². The standard InChI is InChI=1S/C18H21N5O4S/c1-22-17(12-7-3-4-8-13(12)20-22)28(25,26)19-11-14-16(18(24)27-2)15-9-5-6-10-23(15)21-14/h3-4,7-8,19H,5-6,9-11H2,1-2H3. The Kier molecular flexibility index (Phi) is 4.68. The van der Waals surface area contributed by atoms with Gasteiger partial charge in [-0.1, -0.05) is 12.1 Å². The fraction of sp³-hybridized carbons (Fsp3) is 0.389. The van der Waals surface area contributed by atoms with Gasteiger partial charge in [0.1, 0.15) is 5.56 Å². The molecule has 0 spiro atoms. The van der Waals surface area contributed by atoms with Crippen LogP contribution in [-0.2, 0) is 41.3 Å². The van der Waals surface area contributed by atoms with Gasteiger partial charge in [-0.25, -0.2) is 17.9 Å². The van der Waals surface area contributed by atoms with E-state index in [4.69, 9.17) is 4.74 Å². The number of hydrogen-bond donors (Lipinski definition) is 1. The summed E-state index contributed by atoms with van der Waals surface area (Å²) in [5.74, 6) is -0.497. The lowest BCUT2D eigenvalue weighted by molar-refractivity contribution is 0.0597. The highest BCUT2D eigenvalue weighted by molar-refractivity contribution is 7.89. The first-order chi connectivity index (χ1) is 13.4. The van der Waals surface area contributed by atoms with Gasteiger partial charge in [0.2, 0.25) is 0 Å². The van der Waals surface area contributed by atoms with Crippen molar-refractivity contribution in [2.24, 2.45) is 7.05 Å². The summed E-state index contributed by atoms with van der Waals surface area (Å²) in [7, 11) is -0.976. The molecular weight excluding hydrogens is 382 g/mol. The summed E-state index contributed by atoms with van der Waals surface area (Å²) in [4.78, 5) is 12.3.